The standard InChI is InChI=1S/C12H19N7O4/c1-3-18(5-6-20)7-8-9(12(21)22-4-2)14-17-19(8)11-10(13)15-23-16-11/h20H,3-7H2,1-2H3,(H2,13,15). The van der Waals surface area contributed by atoms with Gasteiger partial charge in [0.25, 0.3) is 0 Å². The number of nitrogens with two attached hydrogens (primary N) is 1. The van der Waals surface area contributed by atoms with Gasteiger partial charge in [-0.2, -0.15) is 4.68 Å². The number of aliphatic hydroxyl groups excluding tert-OH is 1. The van der Waals surface area contributed by atoms with Crippen LogP contribution in [0.4, 0.5) is 5.82 Å². The molecule has 0 aliphatic heterocycles. The number of aliphatic hydroxyl groups is 1. The molecule has 0 saturated carbocycles. The zero-order chi connectivity index (χ0) is 16.8. The third-order valence-corrected chi connectivity index (χ3v) is 3.16. The van der Waals surface area contributed by atoms with Gasteiger partial charge in [0.05, 0.1) is 18.9 Å². The Morgan fingerprint density at radius 1 is 1.43 bits per heavy atom. The number of nitrogen functional groups attached to an aromatic ring is 1. The van der Waals surface area contributed by atoms with Gasteiger partial charge >= 0.3 is 5.97 Å². The topological polar surface area (TPSA) is 145 Å². The van der Waals surface area contributed by atoms with Crippen LogP contribution in [0.5, 0.6) is 0 Å². The summed E-state index contributed by atoms with van der Waals surface area (Å²) < 4.78 is 10.8. The average Bonchev–Trinajstić information content (AvgIpc) is 3.13. The summed E-state index contributed by atoms with van der Waals surface area (Å²) in [6.45, 7) is 5.21. The van der Waals surface area contributed by atoms with E-state index >= 15 is 0 Å². The maximum absolute atomic E-state index is 12.1. The maximum atomic E-state index is 12.1. The van der Waals surface area contributed by atoms with Crippen LogP contribution in [0.25, 0.3) is 5.82 Å². The number of carbonyl (C=O) groups excluding carboxylic acids is 1. The molecule has 0 fully saturated rings. The number of hydrogen-bond donors (Lipinski definition) is 2. The number of carbonyl (C=O) groups is 1. The summed E-state index contributed by atoms with van der Waals surface area (Å²) in [5.74, 6) is -0.427. The summed E-state index contributed by atoms with van der Waals surface area (Å²) in [5.41, 5.74) is 6.17. The Kier molecular flexibility index (Phi) is 5.60. The molecule has 11 nitrogen and oxygen atoms in total. The minimum Gasteiger partial charge on any atom is -0.461 e. The molecule has 0 atom stereocenters. The lowest BCUT2D eigenvalue weighted by molar-refractivity contribution is 0.0516. The van der Waals surface area contributed by atoms with Crippen molar-refractivity contribution in [1.29, 1.82) is 0 Å². The first-order valence-corrected chi connectivity index (χ1v) is 7.15. The minimum absolute atomic E-state index is 0.0161. The predicted octanol–water partition coefficient (Wildman–Crippen LogP) is -0.777. The summed E-state index contributed by atoms with van der Waals surface area (Å²) in [6.07, 6.45) is 0. The van der Waals surface area contributed by atoms with Crippen LogP contribution < -0.4 is 5.73 Å². The smallest absolute Gasteiger partial charge is 0.360 e. The molecule has 11 heteroatoms. The molecule has 0 saturated heterocycles. The molecule has 0 unspecified atom stereocenters. The average molecular weight is 325 g/mol. The molecule has 0 aromatic carbocycles. The monoisotopic (exact) mass is 325 g/mol. The molecular weight excluding hydrogens is 306 g/mol. The van der Waals surface area contributed by atoms with E-state index < -0.39 is 5.97 Å². The molecular formula is C12H19N7O4. The number of ether oxygens (including phenoxy) is 1. The van der Waals surface area contributed by atoms with E-state index in [2.05, 4.69) is 25.3 Å². The Labute approximate surface area is 132 Å². The van der Waals surface area contributed by atoms with Crippen molar-refractivity contribution >= 4 is 11.8 Å². The van der Waals surface area contributed by atoms with Crippen molar-refractivity contribution in [2.45, 2.75) is 20.4 Å². The Hall–Kier alpha value is -2.53. The van der Waals surface area contributed by atoms with Crippen molar-refractivity contribution in [2.24, 2.45) is 0 Å². The van der Waals surface area contributed by atoms with Gasteiger partial charge in [-0.15, -0.1) is 5.10 Å². The first-order valence-electron chi connectivity index (χ1n) is 7.15. The van der Waals surface area contributed by atoms with Gasteiger partial charge in [0.15, 0.2) is 5.69 Å². The molecule has 3 N–H and O–H groups in total. The normalized spacial score (nSPS) is 11.1. The number of nitrogens with zero attached hydrogens (tertiary/aromatic N) is 6. The Bertz CT molecular complexity index is 654. The number of anilines is 1. The highest BCUT2D eigenvalue weighted by Crippen LogP contribution is 2.18. The van der Waals surface area contributed by atoms with E-state index in [0.717, 1.165) is 0 Å². The SMILES string of the molecule is CCOC(=O)c1nnn(-c2nonc2N)c1CN(CC)CCO. The van der Waals surface area contributed by atoms with Gasteiger partial charge in [-0.3, -0.25) is 4.90 Å². The molecule has 0 amide bonds. The quantitative estimate of drug-likeness (QED) is 0.593. The fourth-order valence-electron chi connectivity index (χ4n) is 2.01. The van der Waals surface area contributed by atoms with E-state index in [-0.39, 0.29) is 30.5 Å². The lowest BCUT2D eigenvalue weighted by atomic mass is 10.3. The van der Waals surface area contributed by atoms with E-state index in [1.54, 1.807) is 6.92 Å². The highest BCUT2D eigenvalue weighted by atomic mass is 16.6. The van der Waals surface area contributed by atoms with Gasteiger partial charge in [-0.05, 0) is 23.8 Å². The number of aromatic nitrogens is 5. The molecule has 0 aliphatic rings. The Morgan fingerprint density at radius 3 is 2.78 bits per heavy atom. The highest BCUT2D eigenvalue weighted by Gasteiger charge is 2.25. The molecule has 0 aliphatic carbocycles. The summed E-state index contributed by atoms with van der Waals surface area (Å²) >= 11 is 0. The lowest BCUT2D eigenvalue weighted by Gasteiger charge is -2.19. The number of likely N-dealkylation sites (N-methyl/N-ethyl adjacent to an activating group) is 1. The number of hydrogen-bond acceptors (Lipinski definition) is 10. The van der Waals surface area contributed by atoms with Gasteiger partial charge in [-0.1, -0.05) is 12.1 Å². The van der Waals surface area contributed by atoms with Gasteiger partial charge in [0, 0.05) is 13.1 Å². The minimum atomic E-state index is -0.594. The van der Waals surface area contributed by atoms with E-state index in [1.807, 2.05) is 11.8 Å². The second-order valence-corrected chi connectivity index (χ2v) is 4.58. The zero-order valence-corrected chi connectivity index (χ0v) is 13.0. The maximum Gasteiger partial charge on any atom is 0.360 e. The molecule has 2 heterocycles. The second-order valence-electron chi connectivity index (χ2n) is 4.58. The zero-order valence-electron chi connectivity index (χ0n) is 13.0. The van der Waals surface area contributed by atoms with Gasteiger partial charge in [-0.25, -0.2) is 9.42 Å². The van der Waals surface area contributed by atoms with Crippen LogP contribution in [0.3, 0.4) is 0 Å². The van der Waals surface area contributed by atoms with E-state index in [0.29, 0.717) is 25.3 Å². The fourth-order valence-corrected chi connectivity index (χ4v) is 2.01. The summed E-state index contributed by atoms with van der Waals surface area (Å²) in [6, 6.07) is 0. The predicted molar refractivity (Wildman–Crippen MR) is 77.6 cm³/mol. The molecule has 0 radical (unpaired) electrons. The van der Waals surface area contributed by atoms with Crippen LogP contribution in [0.15, 0.2) is 4.63 Å². The molecule has 0 bridgehead atoms. The van der Waals surface area contributed by atoms with E-state index in [9.17, 15) is 4.79 Å². The highest BCUT2D eigenvalue weighted by molar-refractivity contribution is 5.88. The lowest BCUT2D eigenvalue weighted by Crippen LogP contribution is -2.28. The molecule has 2 rings (SSSR count). The first kappa shape index (κ1) is 16.8. The Balaban J connectivity index is 2.43. The van der Waals surface area contributed by atoms with Gasteiger partial charge in [0.1, 0.15) is 0 Å². The molecule has 126 valence electrons. The van der Waals surface area contributed by atoms with Gasteiger partial charge in [0.2, 0.25) is 11.6 Å². The van der Waals surface area contributed by atoms with Crippen LogP contribution in [0, 0.1) is 0 Å². The summed E-state index contributed by atoms with van der Waals surface area (Å²) in [5, 5.41) is 24.1. The van der Waals surface area contributed by atoms with E-state index in [1.165, 1.54) is 4.68 Å². The fraction of sp³-hybridized carbons (Fsp3) is 0.583. The summed E-state index contributed by atoms with van der Waals surface area (Å²) in [4.78, 5) is 14.0. The van der Waals surface area contributed by atoms with Crippen LogP contribution in [0.1, 0.15) is 30.0 Å². The van der Waals surface area contributed by atoms with Crippen LogP contribution in [-0.4, -0.2) is 67.6 Å². The second kappa shape index (κ2) is 7.65. The first-order chi connectivity index (χ1) is 11.1. The van der Waals surface area contributed by atoms with Crippen molar-refractivity contribution in [1.82, 2.24) is 30.2 Å². The van der Waals surface area contributed by atoms with Crippen molar-refractivity contribution in [3.63, 3.8) is 0 Å². The van der Waals surface area contributed by atoms with Crippen LogP contribution in [-0.2, 0) is 11.3 Å². The van der Waals surface area contributed by atoms with Crippen molar-refractivity contribution in [3.8, 4) is 5.82 Å². The molecule has 23 heavy (non-hydrogen) atoms. The van der Waals surface area contributed by atoms with Crippen molar-refractivity contribution in [3.05, 3.63) is 11.4 Å². The van der Waals surface area contributed by atoms with Gasteiger partial charge < -0.3 is 15.6 Å². The summed E-state index contributed by atoms with van der Waals surface area (Å²) in [7, 11) is 0. The van der Waals surface area contributed by atoms with Crippen LogP contribution >= 0.6 is 0 Å². The number of esters is 1. The Morgan fingerprint density at radius 2 is 2.22 bits per heavy atom. The molecule has 2 aromatic heterocycles. The third-order valence-electron chi connectivity index (χ3n) is 3.16. The van der Waals surface area contributed by atoms with Crippen LogP contribution in [0.2, 0.25) is 0 Å². The third kappa shape index (κ3) is 3.63. The van der Waals surface area contributed by atoms with Crippen molar-refractivity contribution < 1.29 is 19.3 Å². The van der Waals surface area contributed by atoms with Crippen molar-refractivity contribution in [2.75, 3.05) is 32.0 Å². The molecule has 2 aromatic rings. The molecule has 0 spiro atoms. The number of rotatable bonds is 8. The van der Waals surface area contributed by atoms with E-state index in [4.69, 9.17) is 15.6 Å². The largest absolute Gasteiger partial charge is 0.461 e.